The van der Waals surface area contributed by atoms with E-state index in [4.69, 9.17) is 0 Å². The smallest absolute Gasteiger partial charge is 0.194 e. The molecule has 3 heteroatoms. The number of benzene rings is 1. The van der Waals surface area contributed by atoms with Crippen LogP contribution < -0.4 is 5.43 Å². The Morgan fingerprint density at radius 3 is 2.72 bits per heavy atom. The molecule has 1 aromatic carbocycles. The van der Waals surface area contributed by atoms with Crippen LogP contribution in [-0.4, -0.2) is 22.5 Å². The summed E-state index contributed by atoms with van der Waals surface area (Å²) in [5.41, 5.74) is 5.12. The van der Waals surface area contributed by atoms with Crippen molar-refractivity contribution in [3.63, 3.8) is 0 Å². The number of aromatic amines is 1. The zero-order valence-electron chi connectivity index (χ0n) is 16.2. The van der Waals surface area contributed by atoms with Crippen molar-refractivity contribution in [2.75, 3.05) is 6.54 Å². The van der Waals surface area contributed by atoms with Gasteiger partial charge in [0.15, 0.2) is 5.43 Å². The summed E-state index contributed by atoms with van der Waals surface area (Å²) in [6.45, 7) is 13.2. The van der Waals surface area contributed by atoms with Crippen molar-refractivity contribution in [2.24, 2.45) is 10.8 Å². The van der Waals surface area contributed by atoms with Gasteiger partial charge in [0.05, 0.1) is 5.52 Å². The van der Waals surface area contributed by atoms with Crippen LogP contribution in [0.1, 0.15) is 56.9 Å². The lowest BCUT2D eigenvalue weighted by Gasteiger charge is -2.40. The Bertz CT molecular complexity index is 895. The van der Waals surface area contributed by atoms with E-state index in [9.17, 15) is 4.79 Å². The first-order chi connectivity index (χ1) is 11.7. The Morgan fingerprint density at radius 1 is 1.20 bits per heavy atom. The van der Waals surface area contributed by atoms with E-state index in [0.717, 1.165) is 40.8 Å². The van der Waals surface area contributed by atoms with Gasteiger partial charge in [0.1, 0.15) is 0 Å². The molecule has 2 aliphatic rings. The number of aryl methyl sites for hydroxylation is 2. The van der Waals surface area contributed by atoms with Gasteiger partial charge in [-0.25, -0.2) is 0 Å². The van der Waals surface area contributed by atoms with Gasteiger partial charge in [0.25, 0.3) is 0 Å². The fourth-order valence-electron chi connectivity index (χ4n) is 5.77. The summed E-state index contributed by atoms with van der Waals surface area (Å²) in [5.74, 6) is 0. The molecule has 2 bridgehead atoms. The molecule has 0 unspecified atom stereocenters. The summed E-state index contributed by atoms with van der Waals surface area (Å²) in [6, 6.07) is 6.61. The average molecular weight is 338 g/mol. The first kappa shape index (κ1) is 16.8. The number of hydrogen-bond acceptors (Lipinski definition) is 2. The molecule has 0 radical (unpaired) electrons. The Balaban J connectivity index is 1.72. The Hall–Kier alpha value is -1.61. The molecule has 1 aliphatic heterocycles. The fourth-order valence-corrected chi connectivity index (χ4v) is 5.77. The van der Waals surface area contributed by atoms with Gasteiger partial charge in [-0.2, -0.15) is 0 Å². The minimum absolute atomic E-state index is 0.209. The maximum absolute atomic E-state index is 13.1. The van der Waals surface area contributed by atoms with Crippen molar-refractivity contribution in [3.05, 3.63) is 45.2 Å². The number of pyridine rings is 1. The van der Waals surface area contributed by atoms with Gasteiger partial charge in [-0.15, -0.1) is 0 Å². The second-order valence-electron chi connectivity index (χ2n) is 9.67. The fraction of sp³-hybridized carbons (Fsp3) is 0.591. The van der Waals surface area contributed by atoms with Crippen LogP contribution in [0, 0.1) is 24.7 Å². The van der Waals surface area contributed by atoms with Crippen LogP contribution in [0.25, 0.3) is 10.9 Å². The van der Waals surface area contributed by atoms with Crippen LogP contribution in [0.3, 0.4) is 0 Å². The van der Waals surface area contributed by atoms with Crippen molar-refractivity contribution in [1.82, 2.24) is 9.88 Å². The van der Waals surface area contributed by atoms with Crippen molar-refractivity contribution in [2.45, 2.75) is 66.5 Å². The topological polar surface area (TPSA) is 36.1 Å². The van der Waals surface area contributed by atoms with E-state index in [1.165, 1.54) is 19.3 Å². The average Bonchev–Trinajstić information content (AvgIpc) is 2.73. The van der Waals surface area contributed by atoms with E-state index in [-0.39, 0.29) is 5.43 Å². The maximum atomic E-state index is 13.1. The molecule has 25 heavy (non-hydrogen) atoms. The number of nitrogens with zero attached hydrogens (tertiary/aromatic N) is 1. The Morgan fingerprint density at radius 2 is 1.96 bits per heavy atom. The SMILES string of the molecule is Cc1[nH]c2c(C)cccc2c(=O)c1CN1C[C@]2(C)C[C@@H]1CC(C)(C)C2. The molecule has 0 spiro atoms. The zero-order chi connectivity index (χ0) is 18.0. The van der Waals surface area contributed by atoms with Crippen LogP contribution in [0.4, 0.5) is 0 Å². The highest BCUT2D eigenvalue weighted by molar-refractivity contribution is 5.82. The molecule has 2 aromatic rings. The van der Waals surface area contributed by atoms with Crippen LogP contribution in [0.2, 0.25) is 0 Å². The highest BCUT2D eigenvalue weighted by Gasteiger charge is 2.49. The molecular formula is C22H30N2O. The van der Waals surface area contributed by atoms with Gasteiger partial charge in [0, 0.05) is 35.8 Å². The van der Waals surface area contributed by atoms with Crippen LogP contribution in [-0.2, 0) is 6.54 Å². The van der Waals surface area contributed by atoms with Gasteiger partial charge in [-0.1, -0.05) is 32.9 Å². The van der Waals surface area contributed by atoms with Crippen LogP contribution in [0.5, 0.6) is 0 Å². The normalized spacial score (nSPS) is 28.6. The molecule has 4 rings (SSSR count). The number of fused-ring (bicyclic) bond motifs is 3. The lowest BCUT2D eigenvalue weighted by Crippen LogP contribution is -2.35. The minimum atomic E-state index is 0.209. The van der Waals surface area contributed by atoms with E-state index in [0.29, 0.717) is 16.9 Å². The zero-order valence-corrected chi connectivity index (χ0v) is 16.2. The molecule has 3 nitrogen and oxygen atoms in total. The third kappa shape index (κ3) is 2.83. The summed E-state index contributed by atoms with van der Waals surface area (Å²) in [6.07, 6.45) is 3.81. The van der Waals surface area contributed by atoms with Crippen LogP contribution in [0.15, 0.2) is 23.0 Å². The summed E-state index contributed by atoms with van der Waals surface area (Å²) in [7, 11) is 0. The third-order valence-corrected chi connectivity index (χ3v) is 6.44. The second kappa shape index (κ2) is 5.44. The lowest BCUT2D eigenvalue weighted by molar-refractivity contribution is 0.126. The maximum Gasteiger partial charge on any atom is 0.194 e. The van der Waals surface area contributed by atoms with Crippen molar-refractivity contribution < 1.29 is 0 Å². The quantitative estimate of drug-likeness (QED) is 0.872. The molecule has 1 aromatic heterocycles. The van der Waals surface area contributed by atoms with E-state index < -0.39 is 0 Å². The molecule has 2 heterocycles. The number of likely N-dealkylation sites (tertiary alicyclic amines) is 1. The number of rotatable bonds is 2. The molecule has 2 atom stereocenters. The highest BCUT2D eigenvalue weighted by Crippen LogP contribution is 2.52. The Kier molecular flexibility index (Phi) is 3.66. The molecule has 1 saturated heterocycles. The third-order valence-electron chi connectivity index (χ3n) is 6.44. The van der Waals surface area contributed by atoms with Gasteiger partial charge in [0.2, 0.25) is 0 Å². The largest absolute Gasteiger partial charge is 0.358 e. The van der Waals surface area contributed by atoms with Gasteiger partial charge in [-0.05, 0) is 55.6 Å². The monoisotopic (exact) mass is 338 g/mol. The first-order valence-corrected chi connectivity index (χ1v) is 9.53. The van der Waals surface area contributed by atoms with E-state index in [2.05, 4.69) is 50.6 Å². The molecular weight excluding hydrogens is 308 g/mol. The number of para-hydroxylation sites is 1. The molecule has 0 amide bonds. The summed E-state index contributed by atoms with van der Waals surface area (Å²) < 4.78 is 0. The number of H-pyrrole nitrogens is 1. The molecule has 1 aliphatic carbocycles. The van der Waals surface area contributed by atoms with Gasteiger partial charge < -0.3 is 4.98 Å². The van der Waals surface area contributed by atoms with E-state index in [1.54, 1.807) is 0 Å². The predicted octanol–water partition coefficient (Wildman–Crippen LogP) is 4.55. The highest BCUT2D eigenvalue weighted by atomic mass is 16.1. The predicted molar refractivity (Wildman–Crippen MR) is 104 cm³/mol. The lowest BCUT2D eigenvalue weighted by atomic mass is 9.65. The Labute approximate surface area is 150 Å². The van der Waals surface area contributed by atoms with Gasteiger partial charge >= 0.3 is 0 Å². The van der Waals surface area contributed by atoms with E-state index >= 15 is 0 Å². The van der Waals surface area contributed by atoms with Crippen LogP contribution >= 0.6 is 0 Å². The van der Waals surface area contributed by atoms with E-state index in [1.807, 2.05) is 12.1 Å². The van der Waals surface area contributed by atoms with Crippen molar-refractivity contribution >= 4 is 10.9 Å². The van der Waals surface area contributed by atoms with Crippen molar-refractivity contribution in [1.29, 1.82) is 0 Å². The minimum Gasteiger partial charge on any atom is -0.358 e. The molecule has 2 fully saturated rings. The van der Waals surface area contributed by atoms with Gasteiger partial charge in [-0.3, -0.25) is 9.69 Å². The summed E-state index contributed by atoms with van der Waals surface area (Å²) in [5, 5.41) is 0.828. The standard InChI is InChI=1S/C22H30N2O/c1-14-7-6-8-17-19(14)23-15(2)18(20(17)25)11-24-13-22(5)10-16(24)9-21(3,4)12-22/h6-8,16H,9-13H2,1-5H3,(H,23,25)/t16-,22+/m0/s1. The molecule has 1 saturated carbocycles. The second-order valence-corrected chi connectivity index (χ2v) is 9.67. The molecule has 1 N–H and O–H groups in total. The first-order valence-electron chi connectivity index (χ1n) is 9.53. The number of nitrogens with one attached hydrogen (secondary N) is 1. The number of aromatic nitrogens is 1. The number of hydrogen-bond donors (Lipinski definition) is 1. The molecule has 134 valence electrons. The summed E-state index contributed by atoms with van der Waals surface area (Å²) in [4.78, 5) is 19.2. The summed E-state index contributed by atoms with van der Waals surface area (Å²) >= 11 is 0. The van der Waals surface area contributed by atoms with Crippen molar-refractivity contribution in [3.8, 4) is 0 Å².